The van der Waals surface area contributed by atoms with E-state index in [1.165, 1.54) is 5.56 Å². The first-order valence-corrected chi connectivity index (χ1v) is 9.36. The van der Waals surface area contributed by atoms with E-state index in [2.05, 4.69) is 48.9 Å². The Kier molecular flexibility index (Phi) is 4.82. The number of aromatic nitrogens is 2. The van der Waals surface area contributed by atoms with Gasteiger partial charge in [0, 0.05) is 31.0 Å². The van der Waals surface area contributed by atoms with Crippen LogP contribution in [-0.4, -0.2) is 21.5 Å². The second-order valence-corrected chi connectivity index (χ2v) is 7.28. The molecule has 1 N–H and O–H groups in total. The Morgan fingerprint density at radius 1 is 1.25 bits per heavy atom. The highest BCUT2D eigenvalue weighted by Crippen LogP contribution is 2.39. The minimum absolute atomic E-state index is 0.148. The summed E-state index contributed by atoms with van der Waals surface area (Å²) in [6.45, 7) is 6.59. The SMILES string of the molecule is C=C(O)CC1COc2cc(OCc3cc(-c4ccc(C)cc4)n(C)n3)ccc21. The molecule has 1 aliphatic heterocycles. The molecule has 1 unspecified atom stereocenters. The number of hydrogen-bond acceptors (Lipinski definition) is 4. The summed E-state index contributed by atoms with van der Waals surface area (Å²) < 4.78 is 13.6. The van der Waals surface area contributed by atoms with Crippen LogP contribution in [-0.2, 0) is 13.7 Å². The number of ether oxygens (including phenoxy) is 2. The van der Waals surface area contributed by atoms with Gasteiger partial charge in [0.05, 0.1) is 18.1 Å². The molecule has 0 aliphatic carbocycles. The largest absolute Gasteiger partial charge is 0.513 e. The minimum atomic E-state index is 0.148. The van der Waals surface area contributed by atoms with Gasteiger partial charge < -0.3 is 14.6 Å². The van der Waals surface area contributed by atoms with Crippen molar-refractivity contribution >= 4 is 0 Å². The first-order chi connectivity index (χ1) is 13.5. The number of rotatable bonds is 6. The molecule has 5 heteroatoms. The number of aliphatic hydroxyl groups excluding tert-OH is 1. The lowest BCUT2D eigenvalue weighted by atomic mass is 9.97. The molecule has 5 nitrogen and oxygen atoms in total. The van der Waals surface area contributed by atoms with Crippen molar-refractivity contribution in [2.45, 2.75) is 25.9 Å². The lowest BCUT2D eigenvalue weighted by Gasteiger charge is -2.08. The van der Waals surface area contributed by atoms with E-state index in [0.717, 1.165) is 34.0 Å². The van der Waals surface area contributed by atoms with Crippen molar-refractivity contribution in [1.82, 2.24) is 9.78 Å². The van der Waals surface area contributed by atoms with Gasteiger partial charge in [0.1, 0.15) is 23.8 Å². The fraction of sp³-hybridized carbons (Fsp3) is 0.261. The zero-order valence-electron chi connectivity index (χ0n) is 16.2. The van der Waals surface area contributed by atoms with E-state index in [0.29, 0.717) is 19.6 Å². The van der Waals surface area contributed by atoms with Crippen LogP contribution in [0, 0.1) is 6.92 Å². The van der Waals surface area contributed by atoms with E-state index in [1.807, 2.05) is 29.9 Å². The molecule has 2 heterocycles. The first kappa shape index (κ1) is 18.2. The molecule has 0 amide bonds. The van der Waals surface area contributed by atoms with E-state index in [4.69, 9.17) is 9.47 Å². The summed E-state index contributed by atoms with van der Waals surface area (Å²) in [5.41, 5.74) is 5.38. The molecule has 0 spiro atoms. The predicted octanol–water partition coefficient (Wildman–Crippen LogP) is 4.91. The smallest absolute Gasteiger partial charge is 0.132 e. The van der Waals surface area contributed by atoms with Gasteiger partial charge in [-0.1, -0.05) is 42.5 Å². The van der Waals surface area contributed by atoms with Crippen molar-refractivity contribution in [2.24, 2.45) is 7.05 Å². The van der Waals surface area contributed by atoms with Gasteiger partial charge in [0.2, 0.25) is 0 Å². The Bertz CT molecular complexity index is 1010. The number of aryl methyl sites for hydroxylation is 2. The molecule has 0 fully saturated rings. The summed E-state index contributed by atoms with van der Waals surface area (Å²) in [5, 5.41) is 14.0. The molecule has 0 bridgehead atoms. The van der Waals surface area contributed by atoms with Crippen LogP contribution in [0.5, 0.6) is 11.5 Å². The van der Waals surface area contributed by atoms with Crippen LogP contribution in [0.25, 0.3) is 11.3 Å². The fourth-order valence-electron chi connectivity index (χ4n) is 3.55. The van der Waals surface area contributed by atoms with Crippen LogP contribution < -0.4 is 9.47 Å². The van der Waals surface area contributed by atoms with Gasteiger partial charge in [-0.15, -0.1) is 0 Å². The predicted molar refractivity (Wildman–Crippen MR) is 109 cm³/mol. The van der Waals surface area contributed by atoms with E-state index in [1.54, 1.807) is 0 Å². The number of fused-ring (bicyclic) bond motifs is 1. The number of aliphatic hydroxyl groups is 1. The average molecular weight is 376 g/mol. The standard InChI is InChI=1S/C23H24N2O3/c1-15-4-6-17(7-5-15)22-11-19(24-25(22)3)14-27-20-8-9-21-18(10-16(2)26)13-28-23(21)12-20/h4-9,11-12,18,26H,2,10,13-14H2,1,3H3. The van der Waals surface area contributed by atoms with Crippen LogP contribution in [0.4, 0.5) is 0 Å². The van der Waals surface area contributed by atoms with Crippen LogP contribution in [0.15, 0.2) is 60.9 Å². The van der Waals surface area contributed by atoms with Gasteiger partial charge in [-0.2, -0.15) is 5.10 Å². The van der Waals surface area contributed by atoms with Gasteiger partial charge in [-0.25, -0.2) is 0 Å². The Balaban J connectivity index is 1.45. The minimum Gasteiger partial charge on any atom is -0.513 e. The molecular weight excluding hydrogens is 352 g/mol. The van der Waals surface area contributed by atoms with Crippen molar-refractivity contribution in [1.29, 1.82) is 0 Å². The lowest BCUT2D eigenvalue weighted by molar-refractivity contribution is 0.293. The van der Waals surface area contributed by atoms with Crippen molar-refractivity contribution in [3.05, 3.63) is 77.7 Å². The summed E-state index contributed by atoms with van der Waals surface area (Å²) in [7, 11) is 1.94. The highest BCUT2D eigenvalue weighted by molar-refractivity contribution is 5.60. The molecule has 3 aromatic rings. The molecule has 28 heavy (non-hydrogen) atoms. The quantitative estimate of drug-likeness (QED) is 0.621. The molecule has 144 valence electrons. The fourth-order valence-corrected chi connectivity index (χ4v) is 3.55. The zero-order valence-corrected chi connectivity index (χ0v) is 16.2. The van der Waals surface area contributed by atoms with Gasteiger partial charge in [-0.3, -0.25) is 4.68 Å². The zero-order chi connectivity index (χ0) is 19.7. The molecule has 0 saturated heterocycles. The van der Waals surface area contributed by atoms with E-state index < -0.39 is 0 Å². The lowest BCUT2D eigenvalue weighted by Crippen LogP contribution is -2.01. The summed E-state index contributed by atoms with van der Waals surface area (Å²) in [5.74, 6) is 1.88. The van der Waals surface area contributed by atoms with Gasteiger partial charge in [0.15, 0.2) is 0 Å². The monoisotopic (exact) mass is 376 g/mol. The second-order valence-electron chi connectivity index (χ2n) is 7.28. The molecular formula is C23H24N2O3. The normalized spacial score (nSPS) is 15.1. The van der Waals surface area contributed by atoms with Crippen LogP contribution >= 0.6 is 0 Å². The van der Waals surface area contributed by atoms with E-state index >= 15 is 0 Å². The van der Waals surface area contributed by atoms with Gasteiger partial charge in [0.25, 0.3) is 0 Å². The van der Waals surface area contributed by atoms with E-state index in [9.17, 15) is 5.11 Å². The number of benzene rings is 2. The molecule has 0 saturated carbocycles. The Hall–Kier alpha value is -3.21. The van der Waals surface area contributed by atoms with Crippen molar-refractivity contribution < 1.29 is 14.6 Å². The molecule has 0 radical (unpaired) electrons. The molecule has 1 aromatic heterocycles. The van der Waals surface area contributed by atoms with Gasteiger partial charge in [-0.05, 0) is 24.6 Å². The van der Waals surface area contributed by atoms with Crippen molar-refractivity contribution in [2.75, 3.05) is 6.61 Å². The Morgan fingerprint density at radius 3 is 2.79 bits per heavy atom. The molecule has 4 rings (SSSR count). The van der Waals surface area contributed by atoms with Crippen LogP contribution in [0.3, 0.4) is 0 Å². The number of hydrogen-bond donors (Lipinski definition) is 1. The maximum atomic E-state index is 9.44. The third kappa shape index (κ3) is 3.74. The highest BCUT2D eigenvalue weighted by Gasteiger charge is 2.25. The maximum Gasteiger partial charge on any atom is 0.132 e. The summed E-state index contributed by atoms with van der Waals surface area (Å²) in [6.07, 6.45) is 0.517. The highest BCUT2D eigenvalue weighted by atomic mass is 16.5. The van der Waals surface area contributed by atoms with Crippen LogP contribution in [0.2, 0.25) is 0 Å². The summed E-state index contributed by atoms with van der Waals surface area (Å²) in [4.78, 5) is 0. The summed E-state index contributed by atoms with van der Waals surface area (Å²) in [6, 6.07) is 16.3. The Labute approximate surface area is 164 Å². The van der Waals surface area contributed by atoms with E-state index in [-0.39, 0.29) is 11.7 Å². The average Bonchev–Trinajstić information content (AvgIpc) is 3.23. The third-order valence-corrected chi connectivity index (χ3v) is 5.01. The van der Waals surface area contributed by atoms with Crippen molar-refractivity contribution in [3.8, 4) is 22.8 Å². The topological polar surface area (TPSA) is 56.5 Å². The van der Waals surface area contributed by atoms with Crippen LogP contribution in [0.1, 0.15) is 29.2 Å². The maximum absolute atomic E-state index is 9.44. The van der Waals surface area contributed by atoms with Gasteiger partial charge >= 0.3 is 0 Å². The molecule has 1 aliphatic rings. The molecule has 2 aromatic carbocycles. The molecule has 1 atom stereocenters. The number of allylic oxidation sites excluding steroid dienone is 1. The third-order valence-electron chi connectivity index (χ3n) is 5.01. The van der Waals surface area contributed by atoms with Crippen molar-refractivity contribution in [3.63, 3.8) is 0 Å². The second kappa shape index (κ2) is 7.43. The Morgan fingerprint density at radius 2 is 2.04 bits per heavy atom. The summed E-state index contributed by atoms with van der Waals surface area (Å²) >= 11 is 0. The first-order valence-electron chi connectivity index (χ1n) is 9.36. The number of nitrogens with zero attached hydrogens (tertiary/aromatic N) is 2.